The normalized spacial score (nSPS) is 11.5. The SMILES string of the molecule is Brc1cc2c(cc1OCc1ccccc1)c(I)nn2C(c1ccccc1)(c1ccccc1)c1ccccc1. The summed E-state index contributed by atoms with van der Waals surface area (Å²) in [5.41, 5.74) is 4.87. The summed E-state index contributed by atoms with van der Waals surface area (Å²) in [4.78, 5) is 0. The smallest absolute Gasteiger partial charge is 0.138 e. The Hall–Kier alpha value is -3.42. The van der Waals surface area contributed by atoms with Crippen LogP contribution in [-0.4, -0.2) is 9.78 Å². The third-order valence-electron chi connectivity index (χ3n) is 6.82. The number of nitrogens with zero attached hydrogens (tertiary/aromatic N) is 2. The van der Waals surface area contributed by atoms with Gasteiger partial charge in [-0.1, -0.05) is 121 Å². The summed E-state index contributed by atoms with van der Waals surface area (Å²) in [5.74, 6) is 0.795. The zero-order valence-corrected chi connectivity index (χ0v) is 24.2. The molecule has 1 heterocycles. The highest BCUT2D eigenvalue weighted by Crippen LogP contribution is 2.44. The molecule has 5 heteroatoms. The summed E-state index contributed by atoms with van der Waals surface area (Å²) >= 11 is 6.14. The van der Waals surface area contributed by atoms with Gasteiger partial charge in [0, 0.05) is 5.39 Å². The van der Waals surface area contributed by atoms with Gasteiger partial charge in [-0.25, -0.2) is 4.68 Å². The summed E-state index contributed by atoms with van der Waals surface area (Å²) in [7, 11) is 0. The molecule has 0 saturated carbocycles. The molecule has 0 aliphatic heterocycles. The van der Waals surface area contributed by atoms with Crippen molar-refractivity contribution >= 4 is 49.4 Å². The maximum absolute atomic E-state index is 6.25. The molecule has 0 radical (unpaired) electrons. The fraction of sp³-hybridized carbons (Fsp3) is 0.0606. The highest BCUT2D eigenvalue weighted by atomic mass is 127. The Morgan fingerprint density at radius 2 is 1.16 bits per heavy atom. The van der Waals surface area contributed by atoms with E-state index in [1.54, 1.807) is 0 Å². The predicted octanol–water partition coefficient (Wildman–Crippen LogP) is 8.82. The van der Waals surface area contributed by atoms with E-state index < -0.39 is 5.54 Å². The van der Waals surface area contributed by atoms with Crippen LogP contribution in [-0.2, 0) is 12.1 Å². The van der Waals surface area contributed by atoms with E-state index in [2.05, 4.69) is 158 Å². The molecule has 6 rings (SSSR count). The second-order valence-electron chi connectivity index (χ2n) is 9.09. The largest absolute Gasteiger partial charge is 0.488 e. The Balaban J connectivity index is 1.60. The van der Waals surface area contributed by atoms with Gasteiger partial charge >= 0.3 is 0 Å². The van der Waals surface area contributed by atoms with Crippen LogP contribution < -0.4 is 4.74 Å². The monoisotopic (exact) mass is 670 g/mol. The molecule has 0 unspecified atom stereocenters. The van der Waals surface area contributed by atoms with Crippen molar-refractivity contribution in [3.05, 3.63) is 164 Å². The number of benzene rings is 5. The molecule has 6 aromatic rings. The van der Waals surface area contributed by atoms with Gasteiger partial charge in [0.2, 0.25) is 0 Å². The third kappa shape index (κ3) is 4.44. The molecule has 0 fully saturated rings. The minimum Gasteiger partial charge on any atom is -0.488 e. The molecule has 0 bridgehead atoms. The topological polar surface area (TPSA) is 27.1 Å². The van der Waals surface area contributed by atoms with Crippen molar-refractivity contribution in [2.24, 2.45) is 0 Å². The molecule has 0 aliphatic rings. The van der Waals surface area contributed by atoms with Gasteiger partial charge < -0.3 is 4.74 Å². The highest BCUT2D eigenvalue weighted by Gasteiger charge is 2.40. The number of halogens is 2. The molecular weight excluding hydrogens is 647 g/mol. The van der Waals surface area contributed by atoms with Gasteiger partial charge in [-0.05, 0) is 72.9 Å². The predicted molar refractivity (Wildman–Crippen MR) is 166 cm³/mol. The van der Waals surface area contributed by atoms with Gasteiger partial charge in [-0.3, -0.25) is 0 Å². The fourth-order valence-corrected chi connectivity index (χ4v) is 6.18. The first-order chi connectivity index (χ1) is 18.7. The van der Waals surface area contributed by atoms with Crippen LogP contribution in [0.5, 0.6) is 5.75 Å². The van der Waals surface area contributed by atoms with Crippen LogP contribution in [0.4, 0.5) is 0 Å². The van der Waals surface area contributed by atoms with Gasteiger partial charge in [0.15, 0.2) is 0 Å². The van der Waals surface area contributed by atoms with E-state index in [1.165, 1.54) is 0 Å². The molecule has 186 valence electrons. The van der Waals surface area contributed by atoms with Crippen LogP contribution in [0.15, 0.2) is 138 Å². The highest BCUT2D eigenvalue weighted by molar-refractivity contribution is 14.1. The lowest BCUT2D eigenvalue weighted by Crippen LogP contribution is -2.38. The van der Waals surface area contributed by atoms with Crippen LogP contribution in [0.3, 0.4) is 0 Å². The Morgan fingerprint density at radius 1 is 0.684 bits per heavy atom. The van der Waals surface area contributed by atoms with E-state index >= 15 is 0 Å². The fourth-order valence-electron chi connectivity index (χ4n) is 5.09. The number of hydrogen-bond acceptors (Lipinski definition) is 2. The number of ether oxygens (including phenoxy) is 1. The first-order valence-electron chi connectivity index (χ1n) is 12.4. The molecule has 1 aromatic heterocycles. The van der Waals surface area contributed by atoms with E-state index in [4.69, 9.17) is 9.84 Å². The van der Waals surface area contributed by atoms with Crippen molar-refractivity contribution in [3.8, 4) is 5.75 Å². The Kier molecular flexibility index (Phi) is 7.04. The van der Waals surface area contributed by atoms with Gasteiger partial charge in [-0.2, -0.15) is 5.10 Å². The summed E-state index contributed by atoms with van der Waals surface area (Å²) in [6, 6.07) is 46.3. The standard InChI is InChI=1S/C33H24BrIN2O/c34-29-22-30-28(21-31(29)38-23-24-13-5-1-6-14-24)32(35)36-37(30)33(25-15-7-2-8-16-25,26-17-9-3-10-18-26)27-19-11-4-12-20-27/h1-22H,23H2. The molecular formula is C33H24BrIN2O. The Labute approximate surface area is 244 Å². The summed E-state index contributed by atoms with van der Waals surface area (Å²) < 4.78 is 10.2. The lowest BCUT2D eigenvalue weighted by Gasteiger charge is -2.37. The van der Waals surface area contributed by atoms with Crippen molar-refractivity contribution in [3.63, 3.8) is 0 Å². The molecule has 0 atom stereocenters. The van der Waals surface area contributed by atoms with Crippen molar-refractivity contribution in [1.82, 2.24) is 9.78 Å². The quantitative estimate of drug-likeness (QED) is 0.125. The van der Waals surface area contributed by atoms with E-state index in [1.807, 2.05) is 18.2 Å². The average molecular weight is 671 g/mol. The Morgan fingerprint density at radius 3 is 1.66 bits per heavy atom. The van der Waals surface area contributed by atoms with E-state index in [0.29, 0.717) is 6.61 Å². The van der Waals surface area contributed by atoms with Crippen molar-refractivity contribution in [2.45, 2.75) is 12.1 Å². The molecule has 5 aromatic carbocycles. The first kappa shape index (κ1) is 24.9. The summed E-state index contributed by atoms with van der Waals surface area (Å²) in [6.45, 7) is 0.498. The molecule has 0 spiro atoms. The molecule has 38 heavy (non-hydrogen) atoms. The molecule has 3 nitrogen and oxygen atoms in total. The van der Waals surface area contributed by atoms with Crippen molar-refractivity contribution < 1.29 is 4.74 Å². The minimum absolute atomic E-state index is 0.498. The van der Waals surface area contributed by atoms with Gasteiger partial charge in [0.05, 0.1) is 9.99 Å². The van der Waals surface area contributed by atoms with Crippen molar-refractivity contribution in [2.75, 3.05) is 0 Å². The summed E-state index contributed by atoms with van der Waals surface area (Å²) in [6.07, 6.45) is 0. The second kappa shape index (κ2) is 10.8. The molecule has 0 aliphatic carbocycles. The molecule has 0 N–H and O–H groups in total. The van der Waals surface area contributed by atoms with E-state index in [9.17, 15) is 0 Å². The van der Waals surface area contributed by atoms with E-state index in [-0.39, 0.29) is 0 Å². The van der Waals surface area contributed by atoms with Crippen molar-refractivity contribution in [1.29, 1.82) is 0 Å². The lowest BCUT2D eigenvalue weighted by atomic mass is 9.77. The number of aromatic nitrogens is 2. The first-order valence-corrected chi connectivity index (χ1v) is 14.3. The zero-order chi connectivity index (χ0) is 26.0. The van der Waals surface area contributed by atoms with Crippen LogP contribution in [0, 0.1) is 3.70 Å². The number of fused-ring (bicyclic) bond motifs is 1. The lowest BCUT2D eigenvalue weighted by molar-refractivity contribution is 0.304. The maximum atomic E-state index is 6.25. The van der Waals surface area contributed by atoms with Gasteiger partial charge in [0.25, 0.3) is 0 Å². The summed E-state index contributed by atoms with van der Waals surface area (Å²) in [5, 5.41) is 6.26. The zero-order valence-electron chi connectivity index (χ0n) is 20.5. The number of rotatable bonds is 7. The molecule has 0 saturated heterocycles. The maximum Gasteiger partial charge on any atom is 0.138 e. The second-order valence-corrected chi connectivity index (χ2v) is 11.0. The number of hydrogen-bond donors (Lipinski definition) is 0. The van der Waals surface area contributed by atoms with Gasteiger partial charge in [-0.15, -0.1) is 0 Å². The van der Waals surface area contributed by atoms with Crippen LogP contribution in [0.25, 0.3) is 10.9 Å². The average Bonchev–Trinajstić information content (AvgIpc) is 3.29. The third-order valence-corrected chi connectivity index (χ3v) is 8.23. The van der Waals surface area contributed by atoms with Crippen LogP contribution in [0.2, 0.25) is 0 Å². The van der Waals surface area contributed by atoms with E-state index in [0.717, 1.165) is 47.1 Å². The van der Waals surface area contributed by atoms with Crippen LogP contribution in [0.1, 0.15) is 22.3 Å². The van der Waals surface area contributed by atoms with Gasteiger partial charge in [0.1, 0.15) is 21.6 Å². The Bertz CT molecular complexity index is 1570. The minimum atomic E-state index is -0.683. The molecule has 0 amide bonds. The van der Waals surface area contributed by atoms with Crippen LogP contribution >= 0.6 is 38.5 Å².